The molecule has 0 saturated heterocycles. The number of hydrogen-bond acceptors (Lipinski definition) is 4. The fraction of sp³-hybridized carbons (Fsp3) is 0.600. The number of hydrogen-bond donors (Lipinski definition) is 3. The molecule has 0 aliphatic heterocycles. The quantitative estimate of drug-likeness (QED) is 0.223. The Morgan fingerprint density at radius 2 is 2.09 bits per heavy atom. The van der Waals surface area contributed by atoms with Gasteiger partial charge in [-0.15, -0.1) is 24.0 Å². The summed E-state index contributed by atoms with van der Waals surface area (Å²) in [6, 6.07) is 3.73. The van der Waals surface area contributed by atoms with Gasteiger partial charge in [0.1, 0.15) is 12.4 Å². The fourth-order valence-corrected chi connectivity index (χ4v) is 1.69. The predicted octanol–water partition coefficient (Wildman–Crippen LogP) is 1.50. The molecule has 3 N–H and O–H groups in total. The van der Waals surface area contributed by atoms with Crippen LogP contribution in [0.2, 0.25) is 0 Å². The summed E-state index contributed by atoms with van der Waals surface area (Å²) < 4.78 is 10.7. The smallest absolute Gasteiger partial charge is 0.216 e. The van der Waals surface area contributed by atoms with Gasteiger partial charge in [-0.3, -0.25) is 9.79 Å². The normalized spacial score (nSPS) is 10.8. The highest BCUT2D eigenvalue weighted by atomic mass is 127. The van der Waals surface area contributed by atoms with Crippen molar-refractivity contribution in [3.05, 3.63) is 24.2 Å². The Balaban J connectivity index is 0.00000484. The van der Waals surface area contributed by atoms with Crippen molar-refractivity contribution in [1.82, 2.24) is 16.0 Å². The number of nitrogens with zero attached hydrogens (tertiary/aromatic N) is 1. The lowest BCUT2D eigenvalue weighted by molar-refractivity contribution is -0.118. The molecule has 0 unspecified atom stereocenters. The van der Waals surface area contributed by atoms with Crippen LogP contribution in [0.5, 0.6) is 0 Å². The molecule has 0 aromatic carbocycles. The molecule has 0 atom stereocenters. The maximum Gasteiger partial charge on any atom is 0.216 e. The van der Waals surface area contributed by atoms with Gasteiger partial charge in [0.05, 0.1) is 6.26 Å². The van der Waals surface area contributed by atoms with Crippen molar-refractivity contribution >= 4 is 35.8 Å². The molecule has 0 spiro atoms. The zero-order valence-corrected chi connectivity index (χ0v) is 16.1. The summed E-state index contributed by atoms with van der Waals surface area (Å²) in [5, 5.41) is 9.04. The van der Waals surface area contributed by atoms with Crippen LogP contribution in [0, 0.1) is 0 Å². The van der Waals surface area contributed by atoms with Crippen LogP contribution in [0.15, 0.2) is 27.8 Å². The average Bonchev–Trinajstić information content (AvgIpc) is 3.00. The molecule has 0 fully saturated rings. The number of guanidine groups is 1. The summed E-state index contributed by atoms with van der Waals surface area (Å²) in [5.74, 6) is 1.55. The highest BCUT2D eigenvalue weighted by Crippen LogP contribution is 2.01. The highest BCUT2D eigenvalue weighted by Gasteiger charge is 1.98. The van der Waals surface area contributed by atoms with Gasteiger partial charge in [-0.2, -0.15) is 0 Å². The highest BCUT2D eigenvalue weighted by molar-refractivity contribution is 14.0. The van der Waals surface area contributed by atoms with Gasteiger partial charge in [-0.25, -0.2) is 0 Å². The SMILES string of the molecule is CCNC(=NCCCOCc1ccco1)NCCNC(C)=O.I. The van der Waals surface area contributed by atoms with Gasteiger partial charge in [0.15, 0.2) is 5.96 Å². The maximum absolute atomic E-state index is 10.8. The average molecular weight is 438 g/mol. The van der Waals surface area contributed by atoms with Crippen LogP contribution in [-0.2, 0) is 16.1 Å². The monoisotopic (exact) mass is 438 g/mol. The van der Waals surface area contributed by atoms with E-state index in [1.54, 1.807) is 6.26 Å². The molecule has 1 aromatic rings. The summed E-state index contributed by atoms with van der Waals surface area (Å²) in [6.07, 6.45) is 2.47. The summed E-state index contributed by atoms with van der Waals surface area (Å²) in [7, 11) is 0. The van der Waals surface area contributed by atoms with E-state index in [9.17, 15) is 4.79 Å². The second kappa shape index (κ2) is 14.3. The van der Waals surface area contributed by atoms with Crippen molar-refractivity contribution in [3.8, 4) is 0 Å². The Morgan fingerprint density at radius 3 is 2.74 bits per heavy atom. The van der Waals surface area contributed by atoms with Crippen LogP contribution >= 0.6 is 24.0 Å². The predicted molar refractivity (Wildman–Crippen MR) is 101 cm³/mol. The molecule has 0 radical (unpaired) electrons. The Morgan fingerprint density at radius 1 is 1.30 bits per heavy atom. The molecule has 1 rings (SSSR count). The van der Waals surface area contributed by atoms with Gasteiger partial charge in [-0.1, -0.05) is 0 Å². The minimum Gasteiger partial charge on any atom is -0.467 e. The van der Waals surface area contributed by atoms with Crippen LogP contribution in [0.4, 0.5) is 0 Å². The van der Waals surface area contributed by atoms with E-state index in [1.807, 2.05) is 19.1 Å². The van der Waals surface area contributed by atoms with E-state index in [1.165, 1.54) is 6.92 Å². The van der Waals surface area contributed by atoms with Crippen LogP contribution in [0.3, 0.4) is 0 Å². The van der Waals surface area contributed by atoms with E-state index in [0.29, 0.717) is 32.8 Å². The van der Waals surface area contributed by atoms with Crippen LogP contribution < -0.4 is 16.0 Å². The number of halogens is 1. The molecule has 0 bridgehead atoms. The fourth-order valence-electron chi connectivity index (χ4n) is 1.69. The number of aliphatic imine (C=N–C) groups is 1. The van der Waals surface area contributed by atoms with Crippen molar-refractivity contribution in [2.75, 3.05) is 32.8 Å². The van der Waals surface area contributed by atoms with E-state index in [2.05, 4.69) is 20.9 Å². The number of carbonyl (C=O) groups excluding carboxylic acids is 1. The molecule has 1 heterocycles. The zero-order valence-electron chi connectivity index (χ0n) is 13.8. The lowest BCUT2D eigenvalue weighted by Crippen LogP contribution is -2.41. The first kappa shape index (κ1) is 21.7. The number of ether oxygens (including phenoxy) is 1. The van der Waals surface area contributed by atoms with Crippen molar-refractivity contribution in [2.45, 2.75) is 26.9 Å². The van der Waals surface area contributed by atoms with Crippen molar-refractivity contribution in [1.29, 1.82) is 0 Å². The largest absolute Gasteiger partial charge is 0.467 e. The van der Waals surface area contributed by atoms with Crippen LogP contribution in [0.1, 0.15) is 26.0 Å². The van der Waals surface area contributed by atoms with Crippen molar-refractivity contribution in [2.24, 2.45) is 4.99 Å². The minimum absolute atomic E-state index is 0. The second-order valence-corrected chi connectivity index (χ2v) is 4.66. The van der Waals surface area contributed by atoms with E-state index >= 15 is 0 Å². The molecular formula is C15H27IN4O3. The van der Waals surface area contributed by atoms with Gasteiger partial charge in [-0.05, 0) is 25.5 Å². The molecule has 23 heavy (non-hydrogen) atoms. The summed E-state index contributed by atoms with van der Waals surface area (Å²) in [5.41, 5.74) is 0. The van der Waals surface area contributed by atoms with Gasteiger partial charge >= 0.3 is 0 Å². The second-order valence-electron chi connectivity index (χ2n) is 4.66. The molecule has 0 saturated carbocycles. The van der Waals surface area contributed by atoms with Gasteiger partial charge < -0.3 is 25.1 Å². The van der Waals surface area contributed by atoms with Gasteiger partial charge in [0.25, 0.3) is 0 Å². The molecule has 0 aliphatic rings. The molecule has 0 aliphatic carbocycles. The summed E-state index contributed by atoms with van der Waals surface area (Å²) in [4.78, 5) is 15.2. The topological polar surface area (TPSA) is 87.9 Å². The third-order valence-corrected chi connectivity index (χ3v) is 2.68. The first-order valence-electron chi connectivity index (χ1n) is 7.59. The number of nitrogens with one attached hydrogen (secondary N) is 3. The number of carbonyl (C=O) groups is 1. The first-order chi connectivity index (χ1) is 10.7. The Bertz CT molecular complexity index is 438. The lowest BCUT2D eigenvalue weighted by Gasteiger charge is -2.11. The van der Waals surface area contributed by atoms with E-state index in [4.69, 9.17) is 9.15 Å². The third-order valence-electron chi connectivity index (χ3n) is 2.68. The van der Waals surface area contributed by atoms with Gasteiger partial charge in [0, 0.05) is 39.7 Å². The number of rotatable bonds is 10. The first-order valence-corrected chi connectivity index (χ1v) is 7.59. The van der Waals surface area contributed by atoms with Crippen LogP contribution in [0.25, 0.3) is 0 Å². The van der Waals surface area contributed by atoms with Crippen molar-refractivity contribution < 1.29 is 13.9 Å². The standard InChI is InChI=1S/C15H26N4O3.HI/c1-3-16-15(19-9-8-17-13(2)20)18-7-5-10-21-12-14-6-4-11-22-14;/h4,6,11H,3,5,7-10,12H2,1-2H3,(H,17,20)(H2,16,18,19);1H. The third kappa shape index (κ3) is 11.9. The van der Waals surface area contributed by atoms with Crippen LogP contribution in [-0.4, -0.2) is 44.7 Å². The molecule has 8 heteroatoms. The lowest BCUT2D eigenvalue weighted by atomic mass is 10.4. The van der Waals surface area contributed by atoms with Crippen molar-refractivity contribution in [3.63, 3.8) is 0 Å². The summed E-state index contributed by atoms with van der Waals surface area (Å²) >= 11 is 0. The Labute approximate surface area is 154 Å². The Kier molecular flexibility index (Phi) is 13.5. The summed E-state index contributed by atoms with van der Waals surface area (Å²) in [6.45, 7) is 7.32. The number of furan rings is 1. The van der Waals surface area contributed by atoms with E-state index in [0.717, 1.165) is 24.7 Å². The van der Waals surface area contributed by atoms with Gasteiger partial charge in [0.2, 0.25) is 5.91 Å². The molecule has 7 nitrogen and oxygen atoms in total. The van der Waals surface area contributed by atoms with E-state index in [-0.39, 0.29) is 29.9 Å². The molecule has 1 amide bonds. The minimum atomic E-state index is -0.0301. The number of amides is 1. The molecular weight excluding hydrogens is 411 g/mol. The van der Waals surface area contributed by atoms with E-state index < -0.39 is 0 Å². The zero-order chi connectivity index (χ0) is 16.0. The molecule has 1 aromatic heterocycles. The Hall–Kier alpha value is -1.29. The maximum atomic E-state index is 10.8. The molecule has 132 valence electrons.